The zero-order valence-corrected chi connectivity index (χ0v) is 10.8. The monoisotopic (exact) mass is 242 g/mol. The number of nitrogens with two attached hydrogens (primary N) is 1. The SMILES string of the molecule is CC(C)(C)OC(=O)NC1(N)CN(N2CCC2)C1. The standard InChI is InChI=1S/C11H22N4O2/c1-10(2,3)17-9(16)13-11(12)7-15(8-11)14-5-4-6-14/h4-8,12H2,1-3H3,(H,13,16). The quantitative estimate of drug-likeness (QED) is 0.672. The predicted octanol–water partition coefficient (Wildman–Crippen LogP) is 0.102. The Hall–Kier alpha value is -0.850. The zero-order chi connectivity index (χ0) is 12.7. The molecule has 2 aliphatic heterocycles. The van der Waals surface area contributed by atoms with Gasteiger partial charge in [-0.1, -0.05) is 0 Å². The number of nitrogens with one attached hydrogen (secondary N) is 1. The molecule has 0 aliphatic carbocycles. The van der Waals surface area contributed by atoms with E-state index in [9.17, 15) is 4.79 Å². The van der Waals surface area contributed by atoms with Gasteiger partial charge in [-0.15, -0.1) is 0 Å². The van der Waals surface area contributed by atoms with Gasteiger partial charge in [0.25, 0.3) is 0 Å². The fourth-order valence-corrected chi connectivity index (χ4v) is 1.97. The number of carbonyl (C=O) groups is 1. The molecule has 1 amide bonds. The van der Waals surface area contributed by atoms with Crippen LogP contribution in [0.15, 0.2) is 0 Å². The summed E-state index contributed by atoms with van der Waals surface area (Å²) >= 11 is 0. The number of alkyl carbamates (subject to hydrolysis) is 1. The number of hydrazine groups is 1. The number of amides is 1. The normalized spacial score (nSPS) is 24.7. The highest BCUT2D eigenvalue weighted by molar-refractivity contribution is 5.69. The summed E-state index contributed by atoms with van der Waals surface area (Å²) in [4.78, 5) is 11.6. The first-order chi connectivity index (χ1) is 7.77. The molecular weight excluding hydrogens is 220 g/mol. The summed E-state index contributed by atoms with van der Waals surface area (Å²) in [5.41, 5.74) is 4.92. The van der Waals surface area contributed by atoms with Crippen LogP contribution in [0, 0.1) is 0 Å². The highest BCUT2D eigenvalue weighted by Gasteiger charge is 2.45. The first kappa shape index (κ1) is 12.6. The molecule has 6 nitrogen and oxygen atoms in total. The Morgan fingerprint density at radius 1 is 1.29 bits per heavy atom. The summed E-state index contributed by atoms with van der Waals surface area (Å²) in [5.74, 6) is 0. The van der Waals surface area contributed by atoms with Gasteiger partial charge in [0, 0.05) is 13.1 Å². The van der Waals surface area contributed by atoms with Crippen molar-refractivity contribution < 1.29 is 9.53 Å². The van der Waals surface area contributed by atoms with Crippen LogP contribution >= 0.6 is 0 Å². The molecule has 2 saturated heterocycles. The lowest BCUT2D eigenvalue weighted by Gasteiger charge is -2.54. The van der Waals surface area contributed by atoms with Crippen LogP contribution in [0.25, 0.3) is 0 Å². The summed E-state index contributed by atoms with van der Waals surface area (Å²) in [7, 11) is 0. The van der Waals surface area contributed by atoms with Crippen molar-refractivity contribution in [2.24, 2.45) is 5.73 Å². The summed E-state index contributed by atoms with van der Waals surface area (Å²) in [6.45, 7) is 9.03. The molecule has 0 bridgehead atoms. The average molecular weight is 242 g/mol. The lowest BCUT2D eigenvalue weighted by Crippen LogP contribution is -2.79. The zero-order valence-electron chi connectivity index (χ0n) is 10.8. The maximum absolute atomic E-state index is 11.6. The van der Waals surface area contributed by atoms with Gasteiger partial charge in [-0.25, -0.2) is 14.8 Å². The van der Waals surface area contributed by atoms with E-state index in [-0.39, 0.29) is 0 Å². The van der Waals surface area contributed by atoms with E-state index in [1.54, 1.807) is 0 Å². The molecule has 0 aromatic rings. The minimum atomic E-state index is -0.641. The van der Waals surface area contributed by atoms with Gasteiger partial charge in [0.1, 0.15) is 11.3 Å². The molecule has 98 valence electrons. The van der Waals surface area contributed by atoms with Crippen molar-refractivity contribution in [3.05, 3.63) is 0 Å². The summed E-state index contributed by atoms with van der Waals surface area (Å²) < 4.78 is 5.18. The van der Waals surface area contributed by atoms with Crippen molar-refractivity contribution in [1.82, 2.24) is 15.3 Å². The van der Waals surface area contributed by atoms with Crippen LogP contribution in [0.3, 0.4) is 0 Å². The number of rotatable bonds is 2. The molecule has 0 aromatic heterocycles. The van der Waals surface area contributed by atoms with Crippen LogP contribution in [0.1, 0.15) is 27.2 Å². The van der Waals surface area contributed by atoms with Crippen LogP contribution < -0.4 is 11.1 Å². The van der Waals surface area contributed by atoms with Gasteiger partial charge in [-0.05, 0) is 27.2 Å². The van der Waals surface area contributed by atoms with Gasteiger partial charge < -0.3 is 15.8 Å². The molecule has 2 aliphatic rings. The summed E-state index contributed by atoms with van der Waals surface area (Å²) in [6, 6.07) is 0. The van der Waals surface area contributed by atoms with Crippen LogP contribution in [0.2, 0.25) is 0 Å². The van der Waals surface area contributed by atoms with Crippen molar-refractivity contribution in [3.8, 4) is 0 Å². The van der Waals surface area contributed by atoms with Crippen molar-refractivity contribution >= 4 is 6.09 Å². The third-order valence-electron chi connectivity index (χ3n) is 2.91. The minimum absolute atomic E-state index is 0.441. The van der Waals surface area contributed by atoms with E-state index < -0.39 is 17.4 Å². The molecule has 0 spiro atoms. The molecule has 0 unspecified atom stereocenters. The van der Waals surface area contributed by atoms with Crippen LogP contribution in [-0.4, -0.2) is 53.6 Å². The highest BCUT2D eigenvalue weighted by atomic mass is 16.6. The van der Waals surface area contributed by atoms with Gasteiger partial charge >= 0.3 is 6.09 Å². The van der Waals surface area contributed by atoms with E-state index in [1.165, 1.54) is 6.42 Å². The molecule has 0 radical (unpaired) electrons. The number of carbonyl (C=O) groups excluding carboxylic acids is 1. The van der Waals surface area contributed by atoms with E-state index in [0.29, 0.717) is 13.1 Å². The molecule has 2 fully saturated rings. The van der Waals surface area contributed by atoms with Gasteiger partial charge in [0.2, 0.25) is 0 Å². The molecule has 2 heterocycles. The molecule has 6 heteroatoms. The molecule has 2 rings (SSSR count). The van der Waals surface area contributed by atoms with Gasteiger partial charge in [0.15, 0.2) is 0 Å². The van der Waals surface area contributed by atoms with Crippen molar-refractivity contribution in [2.75, 3.05) is 26.2 Å². The molecule has 0 aromatic carbocycles. The second-order valence-electron chi connectivity index (χ2n) is 5.91. The van der Waals surface area contributed by atoms with Gasteiger partial charge in [0.05, 0.1) is 13.1 Å². The van der Waals surface area contributed by atoms with E-state index in [1.807, 2.05) is 20.8 Å². The lowest BCUT2D eigenvalue weighted by molar-refractivity contribution is -0.154. The van der Waals surface area contributed by atoms with Gasteiger partial charge in [-0.3, -0.25) is 0 Å². The number of ether oxygens (including phenoxy) is 1. The fraction of sp³-hybridized carbons (Fsp3) is 0.909. The Morgan fingerprint density at radius 2 is 1.88 bits per heavy atom. The Bertz CT molecular complexity index is 303. The third kappa shape index (κ3) is 3.08. The van der Waals surface area contributed by atoms with Gasteiger partial charge in [-0.2, -0.15) is 0 Å². The third-order valence-corrected chi connectivity index (χ3v) is 2.91. The predicted molar refractivity (Wildman–Crippen MR) is 64.1 cm³/mol. The molecule has 0 saturated carbocycles. The maximum Gasteiger partial charge on any atom is 0.409 e. The topological polar surface area (TPSA) is 70.8 Å². The van der Waals surface area contributed by atoms with E-state index >= 15 is 0 Å². The van der Waals surface area contributed by atoms with E-state index in [0.717, 1.165) is 13.1 Å². The average Bonchev–Trinajstić information content (AvgIpc) is 1.92. The minimum Gasteiger partial charge on any atom is -0.444 e. The largest absolute Gasteiger partial charge is 0.444 e. The van der Waals surface area contributed by atoms with Crippen molar-refractivity contribution in [3.63, 3.8) is 0 Å². The van der Waals surface area contributed by atoms with Crippen LogP contribution in [0.5, 0.6) is 0 Å². The van der Waals surface area contributed by atoms with E-state index in [2.05, 4.69) is 15.3 Å². The molecule has 17 heavy (non-hydrogen) atoms. The summed E-state index contributed by atoms with van der Waals surface area (Å²) in [6.07, 6.45) is 0.802. The smallest absolute Gasteiger partial charge is 0.409 e. The molecular formula is C11H22N4O2. The second kappa shape index (κ2) is 4.12. The number of hydrogen-bond acceptors (Lipinski definition) is 5. The number of hydrogen-bond donors (Lipinski definition) is 2. The first-order valence-electron chi connectivity index (χ1n) is 6.07. The lowest BCUT2D eigenvalue weighted by atomic mass is 10.0. The Kier molecular flexibility index (Phi) is 3.05. The van der Waals surface area contributed by atoms with Crippen molar-refractivity contribution in [2.45, 2.75) is 38.5 Å². The highest BCUT2D eigenvalue weighted by Crippen LogP contribution is 2.22. The molecule has 3 N–H and O–H groups in total. The second-order valence-corrected chi connectivity index (χ2v) is 5.91. The Morgan fingerprint density at radius 3 is 2.29 bits per heavy atom. The number of nitrogens with zero attached hydrogens (tertiary/aromatic N) is 2. The Labute approximate surface area is 102 Å². The van der Waals surface area contributed by atoms with Crippen LogP contribution in [0.4, 0.5) is 4.79 Å². The van der Waals surface area contributed by atoms with E-state index in [4.69, 9.17) is 10.5 Å². The molecule has 0 atom stereocenters. The summed E-state index contributed by atoms with van der Waals surface area (Å²) in [5, 5.41) is 7.15. The fourth-order valence-electron chi connectivity index (χ4n) is 1.97. The van der Waals surface area contributed by atoms with Crippen LogP contribution in [-0.2, 0) is 4.74 Å². The Balaban J connectivity index is 1.74. The maximum atomic E-state index is 11.6. The first-order valence-corrected chi connectivity index (χ1v) is 6.07. The van der Waals surface area contributed by atoms with Crippen molar-refractivity contribution in [1.29, 1.82) is 0 Å².